The molecule has 0 amide bonds. The van der Waals surface area contributed by atoms with Crippen molar-refractivity contribution in [3.63, 3.8) is 0 Å². The van der Waals surface area contributed by atoms with Gasteiger partial charge in [0.15, 0.2) is 0 Å². The van der Waals surface area contributed by atoms with E-state index in [0.29, 0.717) is 17.4 Å². The highest BCUT2D eigenvalue weighted by atomic mass is 35.5. The number of halogens is 1. The lowest BCUT2D eigenvalue weighted by Gasteiger charge is -2.31. The molecule has 0 unspecified atom stereocenters. The maximum atomic E-state index is 12.8. The lowest BCUT2D eigenvalue weighted by atomic mass is 9.97. The summed E-state index contributed by atoms with van der Waals surface area (Å²) in [6.45, 7) is 4.52. The van der Waals surface area contributed by atoms with Crippen molar-refractivity contribution in [1.29, 1.82) is 0 Å². The number of thiophene rings is 1. The molecule has 4 nitrogen and oxygen atoms in total. The number of piperidine rings is 1. The lowest BCUT2D eigenvalue weighted by Crippen LogP contribution is -2.38. The van der Waals surface area contributed by atoms with Crippen molar-refractivity contribution in [1.82, 2.24) is 9.21 Å². The van der Waals surface area contributed by atoms with Crippen molar-refractivity contribution >= 4 is 33.0 Å². The number of hydrogen-bond acceptors (Lipinski definition) is 4. The van der Waals surface area contributed by atoms with Gasteiger partial charge in [-0.3, -0.25) is 0 Å². The van der Waals surface area contributed by atoms with E-state index in [-0.39, 0.29) is 5.88 Å². The first-order chi connectivity index (χ1) is 9.86. The summed E-state index contributed by atoms with van der Waals surface area (Å²) in [7, 11) is 0.356. The predicted molar refractivity (Wildman–Crippen MR) is 88.6 cm³/mol. The van der Waals surface area contributed by atoms with Gasteiger partial charge in [-0.15, -0.1) is 22.9 Å². The van der Waals surface area contributed by atoms with Crippen molar-refractivity contribution in [2.45, 2.75) is 30.5 Å². The van der Waals surface area contributed by atoms with Crippen LogP contribution in [0.3, 0.4) is 0 Å². The first kappa shape index (κ1) is 17.2. The van der Waals surface area contributed by atoms with Crippen LogP contribution in [0.25, 0.3) is 0 Å². The Bertz CT molecular complexity index is 578. The molecule has 1 aliphatic rings. The van der Waals surface area contributed by atoms with Gasteiger partial charge in [-0.1, -0.05) is 0 Å². The second kappa shape index (κ2) is 6.96. The van der Waals surface area contributed by atoms with Crippen LogP contribution < -0.4 is 0 Å². The Kier molecular flexibility index (Phi) is 5.71. The van der Waals surface area contributed by atoms with Gasteiger partial charge in [0.1, 0.15) is 4.90 Å². The number of rotatable bonds is 5. The topological polar surface area (TPSA) is 40.6 Å². The van der Waals surface area contributed by atoms with Crippen LogP contribution in [0, 0.1) is 12.8 Å². The molecule has 0 spiro atoms. The normalized spacial score (nSPS) is 18.5. The van der Waals surface area contributed by atoms with E-state index < -0.39 is 10.0 Å². The minimum atomic E-state index is -3.44. The van der Waals surface area contributed by atoms with E-state index in [1.165, 1.54) is 15.6 Å². The summed E-state index contributed by atoms with van der Waals surface area (Å²) < 4.78 is 27.1. The van der Waals surface area contributed by atoms with Crippen LogP contribution in [-0.4, -0.2) is 51.4 Å². The highest BCUT2D eigenvalue weighted by molar-refractivity contribution is 7.89. The smallest absolute Gasteiger partial charge is 0.244 e. The van der Waals surface area contributed by atoms with Crippen LogP contribution in [0.2, 0.25) is 0 Å². The van der Waals surface area contributed by atoms with Crippen LogP contribution in [-0.2, 0) is 15.9 Å². The lowest BCUT2D eigenvalue weighted by molar-refractivity contribution is 0.202. The van der Waals surface area contributed by atoms with Crippen molar-refractivity contribution in [3.05, 3.63) is 15.8 Å². The zero-order valence-corrected chi connectivity index (χ0v) is 15.2. The number of aryl methyl sites for hydroxylation is 1. The molecule has 120 valence electrons. The largest absolute Gasteiger partial charge is 0.306 e. The molecule has 0 aliphatic carbocycles. The van der Waals surface area contributed by atoms with Crippen molar-refractivity contribution < 1.29 is 8.42 Å². The molecular weight excluding hydrogens is 328 g/mol. The van der Waals surface area contributed by atoms with Crippen molar-refractivity contribution in [3.8, 4) is 0 Å². The van der Waals surface area contributed by atoms with Crippen molar-refractivity contribution in [2.75, 3.05) is 33.7 Å². The van der Waals surface area contributed by atoms with Gasteiger partial charge in [0, 0.05) is 18.5 Å². The Morgan fingerprint density at radius 3 is 2.62 bits per heavy atom. The Hall–Kier alpha value is -0.140. The minimum Gasteiger partial charge on any atom is -0.306 e. The third-order valence-electron chi connectivity index (χ3n) is 4.13. The predicted octanol–water partition coefficient (Wildman–Crippen LogP) is 2.76. The van der Waals surface area contributed by atoms with Crippen LogP contribution in [0.5, 0.6) is 0 Å². The molecule has 1 fully saturated rings. The molecule has 0 atom stereocenters. The Balaban J connectivity index is 2.13. The number of alkyl halides is 1. The second-order valence-electron chi connectivity index (χ2n) is 5.84. The summed E-state index contributed by atoms with van der Waals surface area (Å²) in [6.07, 6.45) is 2.11. The third kappa shape index (κ3) is 3.79. The molecule has 2 rings (SSSR count). The quantitative estimate of drug-likeness (QED) is 0.767. The fraction of sp³-hybridized carbons (Fsp3) is 0.714. The third-order valence-corrected chi connectivity index (χ3v) is 7.85. The maximum absolute atomic E-state index is 12.8. The fourth-order valence-electron chi connectivity index (χ4n) is 2.79. The zero-order chi connectivity index (χ0) is 15.6. The molecule has 1 saturated heterocycles. The molecule has 0 radical (unpaired) electrons. The molecular formula is C14H23ClN2O2S2. The number of likely N-dealkylation sites (tertiary alicyclic amines) is 1. The van der Waals surface area contributed by atoms with Crippen molar-refractivity contribution in [2.24, 2.45) is 5.92 Å². The summed E-state index contributed by atoms with van der Waals surface area (Å²) in [4.78, 5) is 3.45. The minimum absolute atomic E-state index is 0.245. The van der Waals surface area contributed by atoms with Crippen LogP contribution >= 0.6 is 22.9 Å². The van der Waals surface area contributed by atoms with Gasteiger partial charge in [-0.25, -0.2) is 12.7 Å². The van der Waals surface area contributed by atoms with Gasteiger partial charge in [0.2, 0.25) is 10.0 Å². The maximum Gasteiger partial charge on any atom is 0.244 e. The van der Waals surface area contributed by atoms with E-state index in [2.05, 4.69) is 11.9 Å². The standard InChI is InChI=1S/C14H23ClN2O2S2/c1-11-10-20-13(8-15)14(11)21(18,19)17(3)9-12-4-6-16(2)7-5-12/h10,12H,4-9H2,1-3H3. The second-order valence-corrected chi connectivity index (χ2v) is 9.05. The van der Waals surface area contributed by atoms with Gasteiger partial charge < -0.3 is 4.90 Å². The zero-order valence-electron chi connectivity index (χ0n) is 12.8. The van der Waals surface area contributed by atoms with E-state index in [0.717, 1.165) is 36.4 Å². The summed E-state index contributed by atoms with van der Waals surface area (Å²) >= 11 is 7.31. The highest BCUT2D eigenvalue weighted by Gasteiger charge is 2.29. The summed E-state index contributed by atoms with van der Waals surface area (Å²) in [5, 5.41) is 1.87. The van der Waals surface area contributed by atoms with Gasteiger partial charge in [0.05, 0.1) is 5.88 Å². The van der Waals surface area contributed by atoms with Crippen LogP contribution in [0.1, 0.15) is 23.3 Å². The van der Waals surface area contributed by atoms with E-state index in [4.69, 9.17) is 11.6 Å². The molecule has 21 heavy (non-hydrogen) atoms. The molecule has 7 heteroatoms. The monoisotopic (exact) mass is 350 g/mol. The van der Waals surface area contributed by atoms with Gasteiger partial charge in [-0.2, -0.15) is 0 Å². The average molecular weight is 351 g/mol. The van der Waals surface area contributed by atoms with Gasteiger partial charge >= 0.3 is 0 Å². The van der Waals surface area contributed by atoms with Crippen LogP contribution in [0.15, 0.2) is 10.3 Å². The first-order valence-corrected chi connectivity index (χ1v) is 9.99. The van der Waals surface area contributed by atoms with Gasteiger partial charge in [-0.05, 0) is 56.8 Å². The first-order valence-electron chi connectivity index (χ1n) is 7.14. The van der Waals surface area contributed by atoms with Gasteiger partial charge in [0.25, 0.3) is 0 Å². The molecule has 1 aromatic rings. The number of hydrogen-bond donors (Lipinski definition) is 0. The Morgan fingerprint density at radius 1 is 1.43 bits per heavy atom. The number of sulfonamides is 1. The fourth-order valence-corrected chi connectivity index (χ4v) is 6.04. The summed E-state index contributed by atoms with van der Waals surface area (Å²) in [6, 6.07) is 0. The number of nitrogens with zero attached hydrogens (tertiary/aromatic N) is 2. The summed E-state index contributed by atoms with van der Waals surface area (Å²) in [5.41, 5.74) is 0.797. The Labute approximate surface area is 136 Å². The highest BCUT2D eigenvalue weighted by Crippen LogP contribution is 2.31. The van der Waals surface area contributed by atoms with E-state index in [9.17, 15) is 8.42 Å². The molecule has 2 heterocycles. The van der Waals surface area contributed by atoms with E-state index in [1.807, 2.05) is 12.3 Å². The molecule has 0 N–H and O–H groups in total. The molecule has 0 aromatic carbocycles. The molecule has 1 aliphatic heterocycles. The summed E-state index contributed by atoms with van der Waals surface area (Å²) in [5.74, 6) is 0.689. The Morgan fingerprint density at radius 2 is 2.05 bits per heavy atom. The van der Waals surface area contributed by atoms with E-state index >= 15 is 0 Å². The average Bonchev–Trinajstić information content (AvgIpc) is 2.83. The van der Waals surface area contributed by atoms with Crippen LogP contribution in [0.4, 0.5) is 0 Å². The molecule has 0 saturated carbocycles. The molecule has 1 aromatic heterocycles. The molecule has 0 bridgehead atoms. The van der Waals surface area contributed by atoms with E-state index in [1.54, 1.807) is 7.05 Å². The SMILES string of the molecule is Cc1csc(CCl)c1S(=O)(=O)N(C)CC1CCN(C)CC1.